The maximum atomic E-state index is 6.06. The summed E-state index contributed by atoms with van der Waals surface area (Å²) in [6, 6.07) is 4.38. The predicted molar refractivity (Wildman–Crippen MR) is 76.2 cm³/mol. The molecule has 0 amide bonds. The molecule has 2 heteroatoms. The fourth-order valence-electron chi connectivity index (χ4n) is 3.49. The molecule has 1 aromatic rings. The van der Waals surface area contributed by atoms with Crippen molar-refractivity contribution in [1.82, 2.24) is 0 Å². The van der Waals surface area contributed by atoms with Gasteiger partial charge in [-0.25, -0.2) is 0 Å². The monoisotopic (exact) mass is 247 g/mol. The van der Waals surface area contributed by atoms with Crippen molar-refractivity contribution in [3.63, 3.8) is 0 Å². The van der Waals surface area contributed by atoms with E-state index in [1.54, 1.807) is 7.11 Å². The Labute approximate surface area is 111 Å². The molecule has 0 bridgehead atoms. The Morgan fingerprint density at radius 3 is 2.50 bits per heavy atom. The molecule has 0 aromatic heterocycles. The first-order chi connectivity index (χ1) is 8.67. The summed E-state index contributed by atoms with van der Waals surface area (Å²) < 4.78 is 5.59. The highest BCUT2D eigenvalue weighted by molar-refractivity contribution is 5.45. The van der Waals surface area contributed by atoms with Gasteiger partial charge in [0.15, 0.2) is 0 Å². The van der Waals surface area contributed by atoms with Crippen molar-refractivity contribution in [2.24, 2.45) is 11.7 Å². The summed E-state index contributed by atoms with van der Waals surface area (Å²) in [5, 5.41) is 0. The van der Waals surface area contributed by atoms with E-state index in [9.17, 15) is 0 Å². The number of rotatable bonds is 4. The van der Waals surface area contributed by atoms with E-state index in [2.05, 4.69) is 26.0 Å². The number of benzene rings is 1. The molecule has 1 aliphatic carbocycles. The smallest absolute Gasteiger partial charge is 0.122 e. The third kappa shape index (κ3) is 2.54. The average Bonchev–Trinajstić information content (AvgIpc) is 2.85. The molecule has 1 fully saturated rings. The molecule has 2 rings (SSSR count). The maximum Gasteiger partial charge on any atom is 0.122 e. The van der Waals surface area contributed by atoms with Crippen LogP contribution in [0.5, 0.6) is 5.75 Å². The van der Waals surface area contributed by atoms with Crippen molar-refractivity contribution >= 4 is 0 Å². The van der Waals surface area contributed by atoms with Crippen molar-refractivity contribution in [2.45, 2.75) is 45.4 Å². The van der Waals surface area contributed by atoms with Crippen LogP contribution >= 0.6 is 0 Å². The minimum Gasteiger partial charge on any atom is -0.496 e. The second-order valence-corrected chi connectivity index (χ2v) is 5.58. The summed E-state index contributed by atoms with van der Waals surface area (Å²) >= 11 is 0. The lowest BCUT2D eigenvalue weighted by atomic mass is 9.82. The molecule has 0 saturated heterocycles. The molecule has 0 spiro atoms. The van der Waals surface area contributed by atoms with E-state index in [4.69, 9.17) is 10.5 Å². The topological polar surface area (TPSA) is 35.2 Å². The second kappa shape index (κ2) is 5.75. The van der Waals surface area contributed by atoms with Crippen LogP contribution in [0.15, 0.2) is 12.1 Å². The summed E-state index contributed by atoms with van der Waals surface area (Å²) in [4.78, 5) is 0. The molecular formula is C16H25NO. The highest BCUT2D eigenvalue weighted by atomic mass is 16.5. The quantitative estimate of drug-likeness (QED) is 0.883. The molecule has 2 N–H and O–H groups in total. The molecule has 1 unspecified atom stereocenters. The fourth-order valence-corrected chi connectivity index (χ4v) is 3.49. The van der Waals surface area contributed by atoms with Gasteiger partial charge in [0, 0.05) is 11.5 Å². The molecule has 100 valence electrons. The average molecular weight is 247 g/mol. The summed E-state index contributed by atoms with van der Waals surface area (Å²) in [6.45, 7) is 5.03. The zero-order valence-electron chi connectivity index (χ0n) is 11.8. The Balaban J connectivity index is 2.40. The number of aryl methyl sites for hydroxylation is 2. The molecule has 1 aliphatic rings. The van der Waals surface area contributed by atoms with Crippen LogP contribution in [0, 0.1) is 19.8 Å². The van der Waals surface area contributed by atoms with Crippen LogP contribution in [0.25, 0.3) is 0 Å². The summed E-state index contributed by atoms with van der Waals surface area (Å²) in [7, 11) is 1.76. The zero-order chi connectivity index (χ0) is 13.1. The van der Waals surface area contributed by atoms with Gasteiger partial charge in [-0.15, -0.1) is 0 Å². The van der Waals surface area contributed by atoms with Crippen molar-refractivity contribution in [3.8, 4) is 5.75 Å². The molecule has 1 atom stereocenters. The fraction of sp³-hybridized carbons (Fsp3) is 0.625. The van der Waals surface area contributed by atoms with E-state index in [1.807, 2.05) is 0 Å². The Morgan fingerprint density at radius 1 is 1.28 bits per heavy atom. The van der Waals surface area contributed by atoms with Gasteiger partial charge in [0.1, 0.15) is 5.75 Å². The third-order valence-electron chi connectivity index (χ3n) is 4.31. The van der Waals surface area contributed by atoms with Crippen LogP contribution in [-0.4, -0.2) is 13.7 Å². The number of ether oxygens (including phenoxy) is 1. The maximum absolute atomic E-state index is 6.06. The van der Waals surface area contributed by atoms with Crippen LogP contribution in [0.3, 0.4) is 0 Å². The van der Waals surface area contributed by atoms with Crippen LogP contribution in [0.4, 0.5) is 0 Å². The summed E-state index contributed by atoms with van der Waals surface area (Å²) in [6.07, 6.45) is 5.35. The second-order valence-electron chi connectivity index (χ2n) is 5.58. The molecule has 0 radical (unpaired) electrons. The molecule has 2 nitrogen and oxygen atoms in total. The van der Waals surface area contributed by atoms with Gasteiger partial charge in [0.05, 0.1) is 7.11 Å². The number of hydrogen-bond donors (Lipinski definition) is 1. The van der Waals surface area contributed by atoms with Crippen molar-refractivity contribution < 1.29 is 4.74 Å². The van der Waals surface area contributed by atoms with Crippen molar-refractivity contribution in [3.05, 3.63) is 28.8 Å². The van der Waals surface area contributed by atoms with Gasteiger partial charge in [-0.05, 0) is 56.3 Å². The number of nitrogens with two attached hydrogens (primary N) is 1. The third-order valence-corrected chi connectivity index (χ3v) is 4.31. The number of methoxy groups -OCH3 is 1. The van der Waals surface area contributed by atoms with Gasteiger partial charge in [0.25, 0.3) is 0 Å². The normalized spacial score (nSPS) is 18.0. The summed E-state index contributed by atoms with van der Waals surface area (Å²) in [5.74, 6) is 2.23. The molecule has 1 aromatic carbocycles. The lowest BCUT2D eigenvalue weighted by molar-refractivity contribution is 0.382. The lowest BCUT2D eigenvalue weighted by Gasteiger charge is -2.26. The van der Waals surface area contributed by atoms with Gasteiger partial charge in [-0.2, -0.15) is 0 Å². The van der Waals surface area contributed by atoms with Crippen LogP contribution in [0.2, 0.25) is 0 Å². The Bertz CT molecular complexity index is 408. The first-order valence-electron chi connectivity index (χ1n) is 7.02. The summed E-state index contributed by atoms with van der Waals surface area (Å²) in [5.41, 5.74) is 9.99. The first kappa shape index (κ1) is 13.4. The van der Waals surface area contributed by atoms with Crippen LogP contribution < -0.4 is 10.5 Å². The molecule has 0 heterocycles. The Kier molecular flexibility index (Phi) is 4.28. The van der Waals surface area contributed by atoms with Gasteiger partial charge in [-0.1, -0.05) is 18.9 Å². The zero-order valence-corrected chi connectivity index (χ0v) is 11.8. The highest BCUT2D eigenvalue weighted by Gasteiger charge is 2.28. The largest absolute Gasteiger partial charge is 0.496 e. The van der Waals surface area contributed by atoms with Crippen LogP contribution in [0.1, 0.15) is 48.3 Å². The van der Waals surface area contributed by atoms with Crippen molar-refractivity contribution in [2.75, 3.05) is 13.7 Å². The van der Waals surface area contributed by atoms with E-state index < -0.39 is 0 Å². The minimum absolute atomic E-state index is 0.461. The van der Waals surface area contributed by atoms with E-state index in [-0.39, 0.29) is 0 Å². The molecule has 1 saturated carbocycles. The SMILES string of the molecule is COc1cc(C)cc(C)c1C(CN)C1CCCC1. The highest BCUT2D eigenvalue weighted by Crippen LogP contribution is 2.41. The number of hydrogen-bond acceptors (Lipinski definition) is 2. The Morgan fingerprint density at radius 2 is 1.94 bits per heavy atom. The first-order valence-corrected chi connectivity index (χ1v) is 7.02. The van der Waals surface area contributed by atoms with Crippen molar-refractivity contribution in [1.29, 1.82) is 0 Å². The van der Waals surface area contributed by atoms with Gasteiger partial charge in [0.2, 0.25) is 0 Å². The lowest BCUT2D eigenvalue weighted by Crippen LogP contribution is -2.21. The molecule has 0 aliphatic heterocycles. The molecular weight excluding hydrogens is 222 g/mol. The van der Waals surface area contributed by atoms with Gasteiger partial charge in [-0.3, -0.25) is 0 Å². The van der Waals surface area contributed by atoms with Crippen LogP contribution in [-0.2, 0) is 0 Å². The molecule has 18 heavy (non-hydrogen) atoms. The predicted octanol–water partition coefficient (Wildman–Crippen LogP) is 3.54. The minimum atomic E-state index is 0.461. The van der Waals surface area contributed by atoms with Gasteiger partial charge < -0.3 is 10.5 Å². The van der Waals surface area contributed by atoms with Gasteiger partial charge >= 0.3 is 0 Å². The van der Waals surface area contributed by atoms with E-state index >= 15 is 0 Å². The van der Waals surface area contributed by atoms with E-state index in [0.717, 1.165) is 18.2 Å². The van der Waals surface area contributed by atoms with E-state index in [0.29, 0.717) is 5.92 Å². The Hall–Kier alpha value is -1.02. The van der Waals surface area contributed by atoms with E-state index in [1.165, 1.54) is 42.4 Å². The standard InChI is InChI=1S/C16H25NO/c1-11-8-12(2)16(15(9-11)18-3)14(10-17)13-6-4-5-7-13/h8-9,13-14H,4-7,10,17H2,1-3H3.